The Morgan fingerprint density at radius 1 is 0.561 bits per heavy atom. The summed E-state index contributed by atoms with van der Waals surface area (Å²) in [5.74, 6) is 0.912. The zero-order chi connectivity index (χ0) is 38.1. The lowest BCUT2D eigenvalue weighted by Crippen LogP contribution is -2.29. The van der Waals surface area contributed by atoms with Crippen molar-refractivity contribution >= 4 is 39.2 Å². The highest BCUT2D eigenvalue weighted by Crippen LogP contribution is 2.55. The molecule has 57 heavy (non-hydrogen) atoms. The number of hydrogen-bond acceptors (Lipinski definition) is 2. The second-order valence-corrected chi connectivity index (χ2v) is 17.1. The molecule has 1 saturated carbocycles. The third-order valence-electron chi connectivity index (χ3n) is 13.6. The second kappa shape index (κ2) is 13.5. The van der Waals surface area contributed by atoms with Gasteiger partial charge in [0.25, 0.3) is 0 Å². The van der Waals surface area contributed by atoms with Crippen molar-refractivity contribution in [2.75, 3.05) is 9.80 Å². The number of hydrogen-bond donors (Lipinski definition) is 0. The molecule has 2 unspecified atom stereocenters. The predicted octanol–water partition coefficient (Wildman–Crippen LogP) is 15.1. The Bertz CT molecular complexity index is 2740. The van der Waals surface area contributed by atoms with Crippen LogP contribution in [0.25, 0.3) is 33.0 Å². The molecular formula is C55H48N2. The Labute approximate surface area is 337 Å². The van der Waals surface area contributed by atoms with Crippen molar-refractivity contribution in [1.82, 2.24) is 0 Å². The maximum Gasteiger partial charge on any atom is 0.0629 e. The molecule has 1 aliphatic heterocycles. The minimum Gasteiger partial charge on any atom is -0.333 e. The quantitative estimate of drug-likeness (QED) is 0.168. The van der Waals surface area contributed by atoms with E-state index < -0.39 is 0 Å². The van der Waals surface area contributed by atoms with Crippen LogP contribution in [0.15, 0.2) is 176 Å². The SMILES string of the molecule is CC1(C)c2ccccc2-c2cc(N(c3cccc(C4CCCCC4)c3)c3ccc4ccccc4c3-c3ccccc3N3c4ccccc4C4C=CC=CC43)ccc21. The predicted molar refractivity (Wildman–Crippen MR) is 241 cm³/mol. The van der Waals surface area contributed by atoms with Crippen LogP contribution in [0.1, 0.15) is 80.0 Å². The van der Waals surface area contributed by atoms with Crippen molar-refractivity contribution in [3.05, 3.63) is 198 Å². The zero-order valence-corrected chi connectivity index (χ0v) is 32.9. The van der Waals surface area contributed by atoms with E-state index in [-0.39, 0.29) is 11.5 Å². The molecule has 7 aromatic rings. The smallest absolute Gasteiger partial charge is 0.0629 e. The molecule has 2 nitrogen and oxygen atoms in total. The van der Waals surface area contributed by atoms with Gasteiger partial charge in [0.05, 0.1) is 11.7 Å². The lowest BCUT2D eigenvalue weighted by Gasteiger charge is -2.33. The number of benzene rings is 7. The Morgan fingerprint density at radius 2 is 1.28 bits per heavy atom. The fraction of sp³-hybridized carbons (Fsp3) is 0.200. The van der Waals surface area contributed by atoms with E-state index in [1.807, 2.05) is 0 Å². The summed E-state index contributed by atoms with van der Waals surface area (Å²) in [6, 6.07) is 57.8. The summed E-state index contributed by atoms with van der Waals surface area (Å²) >= 11 is 0. The van der Waals surface area contributed by atoms with E-state index in [9.17, 15) is 0 Å². The van der Waals surface area contributed by atoms with Crippen molar-refractivity contribution in [3.8, 4) is 22.3 Å². The van der Waals surface area contributed by atoms with Gasteiger partial charge in [-0.2, -0.15) is 0 Å². The molecular weight excluding hydrogens is 689 g/mol. The summed E-state index contributed by atoms with van der Waals surface area (Å²) in [7, 11) is 0. The average Bonchev–Trinajstić information content (AvgIpc) is 3.72. The Balaban J connectivity index is 1.17. The third kappa shape index (κ3) is 5.45. The van der Waals surface area contributed by atoms with E-state index in [4.69, 9.17) is 0 Å². The maximum atomic E-state index is 2.60. The molecule has 1 fully saturated rings. The number of fused-ring (bicyclic) bond motifs is 7. The van der Waals surface area contributed by atoms with Gasteiger partial charge < -0.3 is 9.80 Å². The van der Waals surface area contributed by atoms with Gasteiger partial charge in [0.2, 0.25) is 0 Å². The Kier molecular flexibility index (Phi) is 8.10. The van der Waals surface area contributed by atoms with Gasteiger partial charge in [0, 0.05) is 45.2 Å². The fourth-order valence-corrected chi connectivity index (χ4v) is 10.8. The van der Waals surface area contributed by atoms with Crippen LogP contribution in [0.3, 0.4) is 0 Å². The molecule has 4 aliphatic rings. The number of anilines is 5. The highest BCUT2D eigenvalue weighted by molar-refractivity contribution is 6.08. The van der Waals surface area contributed by atoms with Gasteiger partial charge in [0.15, 0.2) is 0 Å². The molecule has 7 aromatic carbocycles. The highest BCUT2D eigenvalue weighted by Gasteiger charge is 2.39. The normalized spacial score (nSPS) is 18.9. The molecule has 0 amide bonds. The monoisotopic (exact) mass is 736 g/mol. The summed E-state index contributed by atoms with van der Waals surface area (Å²) in [5, 5.41) is 2.50. The van der Waals surface area contributed by atoms with Crippen molar-refractivity contribution in [3.63, 3.8) is 0 Å². The van der Waals surface area contributed by atoms with Gasteiger partial charge in [-0.15, -0.1) is 0 Å². The summed E-state index contributed by atoms with van der Waals surface area (Å²) < 4.78 is 0. The molecule has 0 N–H and O–H groups in total. The van der Waals surface area contributed by atoms with E-state index in [2.05, 4.69) is 200 Å². The third-order valence-corrected chi connectivity index (χ3v) is 13.6. The summed E-state index contributed by atoms with van der Waals surface area (Å²) in [6.45, 7) is 4.75. The van der Waals surface area contributed by atoms with Crippen molar-refractivity contribution in [2.45, 2.75) is 69.2 Å². The van der Waals surface area contributed by atoms with E-state index >= 15 is 0 Å². The molecule has 11 rings (SSSR count). The van der Waals surface area contributed by atoms with E-state index in [1.165, 1.54) is 116 Å². The molecule has 1 heterocycles. The van der Waals surface area contributed by atoms with E-state index in [1.54, 1.807) is 0 Å². The van der Waals surface area contributed by atoms with Crippen LogP contribution in [0.2, 0.25) is 0 Å². The minimum atomic E-state index is -0.0597. The molecule has 0 saturated heterocycles. The van der Waals surface area contributed by atoms with Crippen molar-refractivity contribution in [2.24, 2.45) is 0 Å². The summed E-state index contributed by atoms with van der Waals surface area (Å²) in [6.07, 6.45) is 15.7. The van der Waals surface area contributed by atoms with Crippen LogP contribution >= 0.6 is 0 Å². The van der Waals surface area contributed by atoms with Crippen LogP contribution < -0.4 is 9.80 Å². The molecule has 2 heteroatoms. The lowest BCUT2D eigenvalue weighted by atomic mass is 9.82. The lowest BCUT2D eigenvalue weighted by molar-refractivity contribution is 0.443. The van der Waals surface area contributed by atoms with Crippen LogP contribution in [0.4, 0.5) is 28.4 Å². The van der Waals surface area contributed by atoms with Crippen molar-refractivity contribution < 1.29 is 0 Å². The van der Waals surface area contributed by atoms with Gasteiger partial charge in [-0.05, 0) is 105 Å². The summed E-state index contributed by atoms with van der Waals surface area (Å²) in [4.78, 5) is 5.17. The molecule has 2 atom stereocenters. The number of rotatable bonds is 6. The topological polar surface area (TPSA) is 6.48 Å². The van der Waals surface area contributed by atoms with Gasteiger partial charge in [-0.1, -0.05) is 167 Å². The van der Waals surface area contributed by atoms with Gasteiger partial charge >= 0.3 is 0 Å². The van der Waals surface area contributed by atoms with Gasteiger partial charge in [-0.25, -0.2) is 0 Å². The largest absolute Gasteiger partial charge is 0.333 e. The van der Waals surface area contributed by atoms with Crippen LogP contribution in [-0.4, -0.2) is 6.04 Å². The van der Waals surface area contributed by atoms with Gasteiger partial charge in [-0.3, -0.25) is 0 Å². The number of allylic oxidation sites excluding steroid dienone is 2. The number of nitrogens with zero attached hydrogens (tertiary/aromatic N) is 2. The molecule has 0 radical (unpaired) electrons. The second-order valence-electron chi connectivity index (χ2n) is 17.1. The average molecular weight is 737 g/mol. The minimum absolute atomic E-state index is 0.0597. The van der Waals surface area contributed by atoms with Crippen LogP contribution in [0, 0.1) is 0 Å². The van der Waals surface area contributed by atoms with Crippen LogP contribution in [-0.2, 0) is 5.41 Å². The van der Waals surface area contributed by atoms with E-state index in [0.717, 1.165) is 0 Å². The first-order valence-corrected chi connectivity index (χ1v) is 21.0. The molecule has 0 spiro atoms. The van der Waals surface area contributed by atoms with E-state index in [0.29, 0.717) is 11.8 Å². The zero-order valence-electron chi connectivity index (χ0n) is 32.9. The first kappa shape index (κ1) is 34.2. The van der Waals surface area contributed by atoms with Crippen LogP contribution in [0.5, 0.6) is 0 Å². The number of para-hydroxylation sites is 2. The molecule has 0 bridgehead atoms. The standard InChI is InChI=1S/C55H48N2/c1-55(2)48-27-12-8-23-43(48)47-36-41(32-33-49(47)55)56(40-21-16-20-39(35-40)37-17-4-3-5-18-37)53-34-31-38-19-6-7-22-42(38)54(53)46-26-11-15-30-52(46)57-50-28-13-9-24-44(50)45-25-10-14-29-51(45)57/h6-16,19-37,44,50H,3-5,17-18H2,1-2H3. The van der Waals surface area contributed by atoms with Gasteiger partial charge in [0.1, 0.15) is 0 Å². The first-order valence-electron chi connectivity index (χ1n) is 21.0. The molecule has 278 valence electrons. The fourth-order valence-electron chi connectivity index (χ4n) is 10.8. The maximum absolute atomic E-state index is 2.60. The molecule has 3 aliphatic carbocycles. The first-order chi connectivity index (χ1) is 28.1. The Hall–Kier alpha value is -6.12. The highest BCUT2D eigenvalue weighted by atomic mass is 15.2. The summed E-state index contributed by atoms with van der Waals surface area (Å²) in [5.41, 5.74) is 16.9. The van der Waals surface area contributed by atoms with Crippen molar-refractivity contribution in [1.29, 1.82) is 0 Å². The Morgan fingerprint density at radius 3 is 2.18 bits per heavy atom. The molecule has 0 aromatic heterocycles.